The maximum atomic E-state index is 14.6. The lowest BCUT2D eigenvalue weighted by Gasteiger charge is -2.41. The molecule has 2 atom stereocenters. The third-order valence-corrected chi connectivity index (χ3v) is 6.60. The van der Waals surface area contributed by atoms with E-state index in [9.17, 15) is 9.18 Å². The molecule has 10 heteroatoms. The molecule has 9 nitrogen and oxygen atoms in total. The summed E-state index contributed by atoms with van der Waals surface area (Å²) in [6.07, 6.45) is 4.96. The van der Waals surface area contributed by atoms with E-state index < -0.39 is 11.4 Å². The van der Waals surface area contributed by atoms with E-state index in [4.69, 9.17) is 0 Å². The number of carbonyl (C=O) groups is 1. The van der Waals surface area contributed by atoms with Crippen molar-refractivity contribution in [3.8, 4) is 0 Å². The van der Waals surface area contributed by atoms with Gasteiger partial charge >= 0.3 is 0 Å². The van der Waals surface area contributed by atoms with Crippen LogP contribution in [0.3, 0.4) is 0 Å². The molecule has 0 saturated carbocycles. The number of rotatable bonds is 5. The number of piperazine rings is 1. The molecule has 2 aliphatic rings. The largest absolute Gasteiger partial charge is 0.352 e. The first-order valence-electron chi connectivity index (χ1n) is 11.7. The van der Waals surface area contributed by atoms with Crippen LogP contribution in [-0.2, 0) is 10.3 Å². The van der Waals surface area contributed by atoms with Gasteiger partial charge in [-0.1, -0.05) is 6.07 Å². The number of imidazole rings is 1. The van der Waals surface area contributed by atoms with Crippen molar-refractivity contribution in [2.75, 3.05) is 36.0 Å². The van der Waals surface area contributed by atoms with Crippen LogP contribution in [-0.4, -0.2) is 63.5 Å². The SMILES string of the molecule is C[C@@H]1CN(c2ncc(F)c(N3CC(C(=O)NC(C)(C)c4cnc5ccccn45)C3)n2)C[C@H](C)N1. The molecule has 5 heterocycles. The number of nitrogens with zero attached hydrogens (tertiary/aromatic N) is 6. The Balaban J connectivity index is 1.25. The Kier molecular flexibility index (Phi) is 5.63. The number of carbonyl (C=O) groups excluding carboxylic acids is 1. The van der Waals surface area contributed by atoms with Gasteiger partial charge in [-0.3, -0.25) is 4.79 Å². The van der Waals surface area contributed by atoms with E-state index >= 15 is 0 Å². The summed E-state index contributed by atoms with van der Waals surface area (Å²) in [5.41, 5.74) is 1.12. The van der Waals surface area contributed by atoms with Gasteiger partial charge in [-0.25, -0.2) is 14.4 Å². The second-order valence-electron chi connectivity index (χ2n) is 10.0. The lowest BCUT2D eigenvalue weighted by molar-refractivity contribution is -0.127. The van der Waals surface area contributed by atoms with E-state index in [1.807, 2.05) is 42.6 Å². The van der Waals surface area contributed by atoms with Crippen molar-refractivity contribution in [3.63, 3.8) is 0 Å². The summed E-state index contributed by atoms with van der Waals surface area (Å²) in [6, 6.07) is 6.40. The van der Waals surface area contributed by atoms with E-state index in [0.717, 1.165) is 24.4 Å². The molecule has 2 aliphatic heterocycles. The van der Waals surface area contributed by atoms with E-state index in [0.29, 0.717) is 31.1 Å². The molecule has 3 aromatic rings. The number of amides is 1. The molecule has 2 N–H and O–H groups in total. The minimum atomic E-state index is -0.610. The van der Waals surface area contributed by atoms with Gasteiger partial charge in [-0.05, 0) is 39.8 Å². The van der Waals surface area contributed by atoms with E-state index in [-0.39, 0.29) is 17.6 Å². The normalized spacial score (nSPS) is 21.6. The van der Waals surface area contributed by atoms with Crippen LogP contribution in [0.15, 0.2) is 36.8 Å². The fraction of sp³-hybridized carbons (Fsp3) is 0.500. The lowest BCUT2D eigenvalue weighted by atomic mass is 9.95. The third kappa shape index (κ3) is 4.18. The van der Waals surface area contributed by atoms with Crippen LogP contribution >= 0.6 is 0 Å². The van der Waals surface area contributed by atoms with Gasteiger partial charge in [0.25, 0.3) is 0 Å². The first-order valence-corrected chi connectivity index (χ1v) is 11.7. The standard InChI is InChI=1S/C24H31FN8O/c1-15-11-32(12-16(2)28-15)23-27-9-18(25)21(29-23)31-13-17(14-31)22(34)30-24(3,4)19-10-26-20-7-5-6-8-33(19)20/h5-10,15-17,28H,11-14H2,1-4H3,(H,30,34)/t15-,16+. The Labute approximate surface area is 198 Å². The van der Waals surface area contributed by atoms with Gasteiger partial charge in [0.2, 0.25) is 11.9 Å². The molecule has 3 aromatic heterocycles. The minimum absolute atomic E-state index is 0.0634. The van der Waals surface area contributed by atoms with Gasteiger partial charge in [0, 0.05) is 44.5 Å². The Morgan fingerprint density at radius 2 is 1.82 bits per heavy atom. The Bertz CT molecular complexity index is 1190. The molecule has 1 amide bonds. The predicted molar refractivity (Wildman–Crippen MR) is 128 cm³/mol. The van der Waals surface area contributed by atoms with Crippen LogP contribution in [0, 0.1) is 11.7 Å². The predicted octanol–water partition coefficient (Wildman–Crippen LogP) is 1.94. The zero-order valence-corrected chi connectivity index (χ0v) is 20.0. The fourth-order valence-corrected chi connectivity index (χ4v) is 4.90. The zero-order valence-electron chi connectivity index (χ0n) is 20.0. The van der Waals surface area contributed by atoms with Crippen LogP contribution < -0.4 is 20.4 Å². The van der Waals surface area contributed by atoms with Crippen LogP contribution in [0.1, 0.15) is 33.4 Å². The molecule has 180 valence electrons. The van der Waals surface area contributed by atoms with Gasteiger partial charge in [0.05, 0.1) is 29.5 Å². The average Bonchev–Trinajstić information content (AvgIpc) is 3.18. The lowest BCUT2D eigenvalue weighted by Crippen LogP contribution is -2.57. The molecule has 0 aliphatic carbocycles. The van der Waals surface area contributed by atoms with Crippen LogP contribution in [0.5, 0.6) is 0 Å². The topological polar surface area (TPSA) is 90.7 Å². The van der Waals surface area contributed by atoms with Crippen molar-refractivity contribution >= 4 is 23.3 Å². The van der Waals surface area contributed by atoms with Crippen LogP contribution in [0.25, 0.3) is 5.65 Å². The average molecular weight is 467 g/mol. The van der Waals surface area contributed by atoms with Crippen molar-refractivity contribution in [2.24, 2.45) is 5.92 Å². The second-order valence-corrected chi connectivity index (χ2v) is 10.0. The third-order valence-electron chi connectivity index (χ3n) is 6.60. The van der Waals surface area contributed by atoms with Gasteiger partial charge in [-0.2, -0.15) is 4.98 Å². The number of halogens is 1. The highest BCUT2D eigenvalue weighted by molar-refractivity contribution is 5.82. The molecule has 0 aromatic carbocycles. The number of nitrogens with one attached hydrogen (secondary N) is 2. The fourth-order valence-electron chi connectivity index (χ4n) is 4.90. The number of aromatic nitrogens is 4. The monoisotopic (exact) mass is 466 g/mol. The first kappa shape index (κ1) is 22.5. The number of hydrogen-bond donors (Lipinski definition) is 2. The van der Waals surface area contributed by atoms with Gasteiger partial charge in [0.15, 0.2) is 11.6 Å². The Hall–Kier alpha value is -3.27. The van der Waals surface area contributed by atoms with Crippen molar-refractivity contribution in [1.29, 1.82) is 0 Å². The zero-order chi connectivity index (χ0) is 24.0. The van der Waals surface area contributed by atoms with Crippen molar-refractivity contribution in [2.45, 2.75) is 45.3 Å². The molecule has 0 radical (unpaired) electrons. The molecule has 34 heavy (non-hydrogen) atoms. The summed E-state index contributed by atoms with van der Waals surface area (Å²) >= 11 is 0. The summed E-state index contributed by atoms with van der Waals surface area (Å²) in [5, 5.41) is 6.62. The first-order chi connectivity index (χ1) is 16.2. The highest BCUT2D eigenvalue weighted by Crippen LogP contribution is 2.29. The van der Waals surface area contributed by atoms with Crippen molar-refractivity contribution < 1.29 is 9.18 Å². The number of hydrogen-bond acceptors (Lipinski definition) is 7. The molecule has 0 unspecified atom stereocenters. The van der Waals surface area contributed by atoms with E-state index in [2.05, 4.69) is 44.3 Å². The number of fused-ring (bicyclic) bond motifs is 1. The van der Waals surface area contributed by atoms with Crippen LogP contribution in [0.4, 0.5) is 16.2 Å². The molecule has 2 fully saturated rings. The molecular weight excluding hydrogens is 435 g/mol. The smallest absolute Gasteiger partial charge is 0.227 e. The Morgan fingerprint density at radius 1 is 1.09 bits per heavy atom. The number of anilines is 2. The molecule has 0 spiro atoms. The van der Waals surface area contributed by atoms with Crippen molar-refractivity contribution in [1.82, 2.24) is 30.0 Å². The van der Waals surface area contributed by atoms with Gasteiger partial charge in [0.1, 0.15) is 5.65 Å². The number of pyridine rings is 1. The Morgan fingerprint density at radius 3 is 2.56 bits per heavy atom. The van der Waals surface area contributed by atoms with Gasteiger partial charge < -0.3 is 24.8 Å². The maximum absolute atomic E-state index is 14.6. The quantitative estimate of drug-likeness (QED) is 0.594. The highest BCUT2D eigenvalue weighted by atomic mass is 19.1. The van der Waals surface area contributed by atoms with E-state index in [1.54, 1.807) is 11.1 Å². The summed E-state index contributed by atoms with van der Waals surface area (Å²) < 4.78 is 16.6. The van der Waals surface area contributed by atoms with E-state index in [1.165, 1.54) is 6.20 Å². The summed E-state index contributed by atoms with van der Waals surface area (Å²) in [5.74, 6) is 0.0131. The molecule has 5 rings (SSSR count). The summed E-state index contributed by atoms with van der Waals surface area (Å²) in [7, 11) is 0. The molecule has 0 bridgehead atoms. The highest BCUT2D eigenvalue weighted by Gasteiger charge is 2.38. The summed E-state index contributed by atoms with van der Waals surface area (Å²) in [6.45, 7) is 10.5. The summed E-state index contributed by atoms with van der Waals surface area (Å²) in [4.78, 5) is 30.1. The second kappa shape index (κ2) is 8.50. The molecular formula is C24H31FN8O. The van der Waals surface area contributed by atoms with Crippen LogP contribution in [0.2, 0.25) is 0 Å². The maximum Gasteiger partial charge on any atom is 0.227 e. The van der Waals surface area contributed by atoms with Crippen molar-refractivity contribution in [3.05, 3.63) is 48.3 Å². The molecule has 2 saturated heterocycles. The minimum Gasteiger partial charge on any atom is -0.352 e. The van der Waals surface area contributed by atoms with Gasteiger partial charge in [-0.15, -0.1) is 0 Å².